The van der Waals surface area contributed by atoms with Crippen LogP contribution in [0.5, 0.6) is 5.75 Å². The van der Waals surface area contributed by atoms with Gasteiger partial charge in [0.2, 0.25) is 0 Å². The molecule has 0 aliphatic rings. The highest BCUT2D eigenvalue weighted by molar-refractivity contribution is 5.36. The number of nitrogens with zero attached hydrogens (tertiary/aromatic N) is 1. The van der Waals surface area contributed by atoms with Crippen molar-refractivity contribution in [3.63, 3.8) is 0 Å². The van der Waals surface area contributed by atoms with Crippen molar-refractivity contribution in [3.05, 3.63) is 29.3 Å². The first-order valence-electron chi connectivity index (χ1n) is 8.19. The maximum Gasteiger partial charge on any atom is 0.123 e. The number of rotatable bonds is 10. The Kier molecular flexibility index (Phi) is 8.40. The topological polar surface area (TPSA) is 24.5 Å². The Labute approximate surface area is 130 Å². The number of ether oxygens (including phenoxy) is 1. The van der Waals surface area contributed by atoms with Crippen molar-refractivity contribution in [1.82, 2.24) is 10.2 Å². The van der Waals surface area contributed by atoms with Gasteiger partial charge >= 0.3 is 0 Å². The van der Waals surface area contributed by atoms with E-state index in [0.717, 1.165) is 25.4 Å². The van der Waals surface area contributed by atoms with Gasteiger partial charge in [-0.1, -0.05) is 31.5 Å². The summed E-state index contributed by atoms with van der Waals surface area (Å²) in [6.45, 7) is 13.2. The number of nitrogens with one attached hydrogen (secondary N) is 1. The summed E-state index contributed by atoms with van der Waals surface area (Å²) in [7, 11) is 1.74. The SMILES string of the molecule is CCN(CC)CCCC(C)NCc1cc(C)ccc1OC. The minimum absolute atomic E-state index is 0.533. The van der Waals surface area contributed by atoms with Crippen LogP contribution in [0.4, 0.5) is 0 Å². The van der Waals surface area contributed by atoms with Crippen molar-refractivity contribution in [2.75, 3.05) is 26.7 Å². The van der Waals surface area contributed by atoms with Crippen LogP contribution in [0.2, 0.25) is 0 Å². The third kappa shape index (κ3) is 6.49. The first-order valence-corrected chi connectivity index (χ1v) is 8.19. The fourth-order valence-electron chi connectivity index (χ4n) is 2.59. The number of aryl methyl sites for hydroxylation is 1. The van der Waals surface area contributed by atoms with Crippen LogP contribution in [0.15, 0.2) is 18.2 Å². The summed E-state index contributed by atoms with van der Waals surface area (Å²) in [5.74, 6) is 0.975. The lowest BCUT2D eigenvalue weighted by molar-refractivity contribution is 0.290. The van der Waals surface area contributed by atoms with Crippen LogP contribution in [0.1, 0.15) is 44.7 Å². The van der Waals surface area contributed by atoms with Crippen LogP contribution in [0.3, 0.4) is 0 Å². The van der Waals surface area contributed by atoms with Gasteiger partial charge in [-0.2, -0.15) is 0 Å². The molecule has 0 saturated carbocycles. The highest BCUT2D eigenvalue weighted by atomic mass is 16.5. The van der Waals surface area contributed by atoms with Crippen LogP contribution >= 0.6 is 0 Å². The Balaban J connectivity index is 2.36. The molecule has 3 nitrogen and oxygen atoms in total. The third-order valence-corrected chi connectivity index (χ3v) is 4.08. The van der Waals surface area contributed by atoms with E-state index < -0.39 is 0 Å². The lowest BCUT2D eigenvalue weighted by Crippen LogP contribution is -2.29. The van der Waals surface area contributed by atoms with E-state index in [9.17, 15) is 0 Å². The van der Waals surface area contributed by atoms with Crippen molar-refractivity contribution in [2.45, 2.75) is 53.1 Å². The van der Waals surface area contributed by atoms with Gasteiger partial charge < -0.3 is 15.0 Å². The van der Waals surface area contributed by atoms with E-state index in [0.29, 0.717) is 6.04 Å². The highest BCUT2D eigenvalue weighted by Crippen LogP contribution is 2.19. The average Bonchev–Trinajstić information content (AvgIpc) is 2.49. The lowest BCUT2D eigenvalue weighted by Gasteiger charge is -2.20. The van der Waals surface area contributed by atoms with E-state index in [1.165, 1.54) is 30.5 Å². The Bertz CT molecular complexity index is 402. The first-order chi connectivity index (χ1) is 10.1. The Hall–Kier alpha value is -1.06. The van der Waals surface area contributed by atoms with E-state index >= 15 is 0 Å². The van der Waals surface area contributed by atoms with E-state index in [-0.39, 0.29) is 0 Å². The second kappa shape index (κ2) is 9.80. The van der Waals surface area contributed by atoms with Gasteiger partial charge in [0.05, 0.1) is 7.11 Å². The Morgan fingerprint density at radius 1 is 1.24 bits per heavy atom. The van der Waals surface area contributed by atoms with Gasteiger partial charge in [-0.3, -0.25) is 0 Å². The molecule has 3 heteroatoms. The number of hydrogen-bond acceptors (Lipinski definition) is 3. The summed E-state index contributed by atoms with van der Waals surface area (Å²) in [6.07, 6.45) is 2.46. The summed E-state index contributed by atoms with van der Waals surface area (Å²) in [6, 6.07) is 6.88. The molecule has 0 radical (unpaired) electrons. The average molecular weight is 292 g/mol. The molecule has 1 rings (SSSR count). The van der Waals surface area contributed by atoms with Gasteiger partial charge in [-0.15, -0.1) is 0 Å². The lowest BCUT2D eigenvalue weighted by atomic mass is 10.1. The van der Waals surface area contributed by atoms with Crippen LogP contribution in [0.25, 0.3) is 0 Å². The molecule has 1 atom stereocenters. The molecule has 0 aliphatic heterocycles. The zero-order valence-corrected chi connectivity index (χ0v) is 14.4. The normalized spacial score (nSPS) is 12.7. The monoisotopic (exact) mass is 292 g/mol. The minimum Gasteiger partial charge on any atom is -0.496 e. The van der Waals surface area contributed by atoms with Crippen molar-refractivity contribution in [3.8, 4) is 5.75 Å². The summed E-state index contributed by atoms with van der Waals surface area (Å²) in [5.41, 5.74) is 2.52. The highest BCUT2D eigenvalue weighted by Gasteiger charge is 2.07. The molecule has 0 amide bonds. The predicted octanol–water partition coefficient (Wildman–Crippen LogP) is 3.60. The molecule has 0 spiro atoms. The number of hydrogen-bond donors (Lipinski definition) is 1. The molecule has 1 aromatic rings. The van der Waals surface area contributed by atoms with Crippen LogP contribution in [0, 0.1) is 6.92 Å². The van der Waals surface area contributed by atoms with Crippen molar-refractivity contribution in [2.24, 2.45) is 0 Å². The molecular weight excluding hydrogens is 260 g/mol. The minimum atomic E-state index is 0.533. The molecule has 0 bridgehead atoms. The van der Waals surface area contributed by atoms with E-state index in [1.807, 2.05) is 0 Å². The largest absolute Gasteiger partial charge is 0.496 e. The Morgan fingerprint density at radius 3 is 2.57 bits per heavy atom. The van der Waals surface area contributed by atoms with Gasteiger partial charge in [-0.05, 0) is 52.4 Å². The summed E-state index contributed by atoms with van der Waals surface area (Å²) in [4.78, 5) is 2.48. The predicted molar refractivity (Wildman–Crippen MR) is 91.1 cm³/mol. The van der Waals surface area contributed by atoms with Crippen molar-refractivity contribution < 1.29 is 4.74 Å². The van der Waals surface area contributed by atoms with E-state index in [1.54, 1.807) is 7.11 Å². The Morgan fingerprint density at radius 2 is 1.95 bits per heavy atom. The molecule has 1 N–H and O–H groups in total. The molecule has 0 fully saturated rings. The maximum atomic E-state index is 5.43. The molecule has 0 heterocycles. The molecule has 0 saturated heterocycles. The van der Waals surface area contributed by atoms with Gasteiger partial charge in [0.1, 0.15) is 5.75 Å². The van der Waals surface area contributed by atoms with Crippen molar-refractivity contribution in [1.29, 1.82) is 0 Å². The molecule has 120 valence electrons. The molecular formula is C18H32N2O. The zero-order valence-electron chi connectivity index (χ0n) is 14.4. The van der Waals surface area contributed by atoms with Crippen molar-refractivity contribution >= 4 is 0 Å². The van der Waals surface area contributed by atoms with Gasteiger partial charge in [-0.25, -0.2) is 0 Å². The van der Waals surface area contributed by atoms with E-state index in [2.05, 4.69) is 56.1 Å². The van der Waals surface area contributed by atoms with Gasteiger partial charge in [0.15, 0.2) is 0 Å². The molecule has 21 heavy (non-hydrogen) atoms. The summed E-state index contributed by atoms with van der Waals surface area (Å²) >= 11 is 0. The fraction of sp³-hybridized carbons (Fsp3) is 0.667. The van der Waals surface area contributed by atoms with Gasteiger partial charge in [0, 0.05) is 18.2 Å². The standard InChI is InChI=1S/C18H32N2O/c1-6-20(7-2)12-8-9-16(4)19-14-17-13-15(3)10-11-18(17)21-5/h10-11,13,16,19H,6-9,12,14H2,1-5H3. The maximum absolute atomic E-state index is 5.43. The summed E-state index contributed by atoms with van der Waals surface area (Å²) < 4.78 is 5.43. The smallest absolute Gasteiger partial charge is 0.123 e. The van der Waals surface area contributed by atoms with E-state index in [4.69, 9.17) is 4.74 Å². The fourth-order valence-corrected chi connectivity index (χ4v) is 2.59. The molecule has 1 aromatic carbocycles. The number of benzene rings is 1. The van der Waals surface area contributed by atoms with Crippen LogP contribution in [-0.2, 0) is 6.54 Å². The summed E-state index contributed by atoms with van der Waals surface area (Å²) in [5, 5.41) is 3.61. The first kappa shape index (κ1) is 18.0. The second-order valence-corrected chi connectivity index (χ2v) is 5.77. The van der Waals surface area contributed by atoms with Crippen LogP contribution < -0.4 is 10.1 Å². The zero-order chi connectivity index (χ0) is 15.7. The molecule has 0 aromatic heterocycles. The third-order valence-electron chi connectivity index (χ3n) is 4.08. The molecule has 1 unspecified atom stereocenters. The molecule has 0 aliphatic carbocycles. The second-order valence-electron chi connectivity index (χ2n) is 5.77. The van der Waals surface area contributed by atoms with Gasteiger partial charge in [0.25, 0.3) is 0 Å². The quantitative estimate of drug-likeness (QED) is 0.713. The number of methoxy groups -OCH3 is 1. The van der Waals surface area contributed by atoms with Crippen LogP contribution in [-0.4, -0.2) is 37.7 Å².